The van der Waals surface area contributed by atoms with Gasteiger partial charge in [-0.05, 0) is 36.6 Å². The fourth-order valence-corrected chi connectivity index (χ4v) is 3.01. The molecule has 0 radical (unpaired) electrons. The molecular formula is C16H19NO2. The average Bonchev–Trinajstić information content (AvgIpc) is 2.47. The second-order valence-corrected chi connectivity index (χ2v) is 5.52. The van der Waals surface area contributed by atoms with Crippen molar-refractivity contribution in [3.63, 3.8) is 0 Å². The summed E-state index contributed by atoms with van der Waals surface area (Å²) in [4.78, 5) is 4.27. The number of aliphatic hydroxyl groups is 2. The van der Waals surface area contributed by atoms with Crippen LogP contribution in [-0.4, -0.2) is 20.8 Å². The SMILES string of the molecule is OC(c1ccc2ncccc2c1)C1(O)CCCCC1. The Balaban J connectivity index is 1.94. The quantitative estimate of drug-likeness (QED) is 0.869. The number of fused-ring (bicyclic) bond motifs is 1. The number of pyridine rings is 1. The fraction of sp³-hybridized carbons (Fsp3) is 0.438. The summed E-state index contributed by atoms with van der Waals surface area (Å²) in [7, 11) is 0. The predicted octanol–water partition coefficient (Wildman–Crippen LogP) is 2.96. The fourth-order valence-electron chi connectivity index (χ4n) is 3.01. The maximum absolute atomic E-state index is 10.6. The molecule has 1 aliphatic rings. The first kappa shape index (κ1) is 12.6. The largest absolute Gasteiger partial charge is 0.387 e. The molecule has 0 bridgehead atoms. The zero-order valence-corrected chi connectivity index (χ0v) is 10.9. The number of aromatic nitrogens is 1. The summed E-state index contributed by atoms with van der Waals surface area (Å²) in [6.07, 6.45) is 5.44. The lowest BCUT2D eigenvalue weighted by molar-refractivity contribution is -0.0991. The smallest absolute Gasteiger partial charge is 0.108 e. The van der Waals surface area contributed by atoms with Gasteiger partial charge in [0.15, 0.2) is 0 Å². The van der Waals surface area contributed by atoms with Gasteiger partial charge in [-0.2, -0.15) is 0 Å². The number of nitrogens with zero attached hydrogens (tertiary/aromatic N) is 1. The van der Waals surface area contributed by atoms with Crippen LogP contribution in [0.25, 0.3) is 10.9 Å². The molecule has 1 aromatic carbocycles. The molecule has 3 rings (SSSR count). The molecule has 1 atom stereocenters. The second-order valence-electron chi connectivity index (χ2n) is 5.52. The van der Waals surface area contributed by atoms with Crippen molar-refractivity contribution < 1.29 is 10.2 Å². The normalized spacial score (nSPS) is 20.3. The van der Waals surface area contributed by atoms with Crippen LogP contribution in [0.2, 0.25) is 0 Å². The molecule has 0 saturated heterocycles. The van der Waals surface area contributed by atoms with Crippen LogP contribution in [0.1, 0.15) is 43.8 Å². The van der Waals surface area contributed by atoms with Gasteiger partial charge in [0.25, 0.3) is 0 Å². The van der Waals surface area contributed by atoms with Gasteiger partial charge in [0.1, 0.15) is 6.10 Å². The van der Waals surface area contributed by atoms with E-state index in [0.29, 0.717) is 12.8 Å². The van der Waals surface area contributed by atoms with Crippen molar-refractivity contribution in [3.8, 4) is 0 Å². The number of benzene rings is 1. The van der Waals surface area contributed by atoms with Crippen molar-refractivity contribution in [1.82, 2.24) is 4.98 Å². The maximum Gasteiger partial charge on any atom is 0.108 e. The highest BCUT2D eigenvalue weighted by Gasteiger charge is 2.37. The Morgan fingerprint density at radius 1 is 1.11 bits per heavy atom. The third kappa shape index (κ3) is 2.36. The minimum absolute atomic E-state index is 0.680. The molecule has 0 aliphatic heterocycles. The Hall–Kier alpha value is -1.45. The topological polar surface area (TPSA) is 53.4 Å². The van der Waals surface area contributed by atoms with Gasteiger partial charge in [0, 0.05) is 11.6 Å². The van der Waals surface area contributed by atoms with E-state index in [1.54, 1.807) is 6.20 Å². The van der Waals surface area contributed by atoms with Crippen LogP contribution in [0, 0.1) is 0 Å². The Labute approximate surface area is 112 Å². The molecule has 1 heterocycles. The summed E-state index contributed by atoms with van der Waals surface area (Å²) in [5.74, 6) is 0. The summed E-state index contributed by atoms with van der Waals surface area (Å²) >= 11 is 0. The van der Waals surface area contributed by atoms with Crippen LogP contribution in [0.3, 0.4) is 0 Å². The molecule has 1 saturated carbocycles. The molecule has 2 aromatic rings. The van der Waals surface area contributed by atoms with Gasteiger partial charge in [-0.25, -0.2) is 0 Å². The zero-order chi connectivity index (χ0) is 13.3. The van der Waals surface area contributed by atoms with Crippen LogP contribution in [0.15, 0.2) is 36.5 Å². The molecule has 0 spiro atoms. The lowest BCUT2D eigenvalue weighted by Crippen LogP contribution is -2.38. The van der Waals surface area contributed by atoms with Gasteiger partial charge in [-0.1, -0.05) is 31.4 Å². The highest BCUT2D eigenvalue weighted by atomic mass is 16.3. The second kappa shape index (κ2) is 4.91. The summed E-state index contributed by atoms with van der Waals surface area (Å²) in [6, 6.07) is 9.56. The lowest BCUT2D eigenvalue weighted by Gasteiger charge is -2.36. The summed E-state index contributed by atoms with van der Waals surface area (Å²) in [6.45, 7) is 0. The van der Waals surface area contributed by atoms with Crippen molar-refractivity contribution in [3.05, 3.63) is 42.1 Å². The molecule has 19 heavy (non-hydrogen) atoms. The zero-order valence-electron chi connectivity index (χ0n) is 10.9. The average molecular weight is 257 g/mol. The van der Waals surface area contributed by atoms with E-state index >= 15 is 0 Å². The molecule has 2 N–H and O–H groups in total. The number of hydrogen-bond acceptors (Lipinski definition) is 3. The van der Waals surface area contributed by atoms with Crippen LogP contribution in [0.4, 0.5) is 0 Å². The van der Waals surface area contributed by atoms with Gasteiger partial charge in [0.2, 0.25) is 0 Å². The van der Waals surface area contributed by atoms with E-state index in [0.717, 1.165) is 35.7 Å². The molecule has 1 aliphatic carbocycles. The van der Waals surface area contributed by atoms with Crippen LogP contribution < -0.4 is 0 Å². The molecule has 3 nitrogen and oxygen atoms in total. The van der Waals surface area contributed by atoms with Crippen LogP contribution in [-0.2, 0) is 0 Å². The number of hydrogen-bond donors (Lipinski definition) is 2. The van der Waals surface area contributed by atoms with Gasteiger partial charge in [-0.15, -0.1) is 0 Å². The van der Waals surface area contributed by atoms with E-state index in [-0.39, 0.29) is 0 Å². The molecule has 0 amide bonds. The summed E-state index contributed by atoms with van der Waals surface area (Å²) in [5, 5.41) is 22.1. The van der Waals surface area contributed by atoms with Crippen molar-refractivity contribution in [2.75, 3.05) is 0 Å². The van der Waals surface area contributed by atoms with Crippen LogP contribution in [0.5, 0.6) is 0 Å². The van der Waals surface area contributed by atoms with Crippen molar-refractivity contribution in [1.29, 1.82) is 0 Å². The Morgan fingerprint density at radius 3 is 2.68 bits per heavy atom. The standard InChI is InChI=1S/C16H19NO2/c18-15(16(19)8-2-1-3-9-16)13-6-7-14-12(11-13)5-4-10-17-14/h4-7,10-11,15,18-19H,1-3,8-9H2. The molecule has 1 fully saturated rings. The molecule has 1 unspecified atom stereocenters. The van der Waals surface area contributed by atoms with Crippen molar-refractivity contribution >= 4 is 10.9 Å². The third-order valence-corrected chi connectivity index (χ3v) is 4.17. The first-order valence-corrected chi connectivity index (χ1v) is 6.94. The summed E-state index contributed by atoms with van der Waals surface area (Å²) < 4.78 is 0. The van der Waals surface area contributed by atoms with Gasteiger partial charge >= 0.3 is 0 Å². The van der Waals surface area contributed by atoms with Crippen molar-refractivity contribution in [2.24, 2.45) is 0 Å². The first-order chi connectivity index (χ1) is 9.19. The van der Waals surface area contributed by atoms with Gasteiger partial charge < -0.3 is 10.2 Å². The Kier molecular flexibility index (Phi) is 3.25. The Morgan fingerprint density at radius 2 is 1.89 bits per heavy atom. The van der Waals surface area contributed by atoms with E-state index in [9.17, 15) is 10.2 Å². The maximum atomic E-state index is 10.6. The van der Waals surface area contributed by atoms with E-state index in [1.165, 1.54) is 0 Å². The lowest BCUT2D eigenvalue weighted by atomic mass is 9.78. The van der Waals surface area contributed by atoms with E-state index < -0.39 is 11.7 Å². The molecule has 3 heteroatoms. The molecule has 1 aromatic heterocycles. The van der Waals surface area contributed by atoms with Crippen molar-refractivity contribution in [2.45, 2.75) is 43.8 Å². The highest BCUT2D eigenvalue weighted by molar-refractivity contribution is 5.79. The predicted molar refractivity (Wildman–Crippen MR) is 74.7 cm³/mol. The minimum atomic E-state index is -0.964. The monoisotopic (exact) mass is 257 g/mol. The summed E-state index contributed by atoms with van der Waals surface area (Å²) in [5.41, 5.74) is 0.729. The minimum Gasteiger partial charge on any atom is -0.387 e. The number of aliphatic hydroxyl groups excluding tert-OH is 1. The highest BCUT2D eigenvalue weighted by Crippen LogP contribution is 2.38. The molecular weight excluding hydrogens is 238 g/mol. The first-order valence-electron chi connectivity index (χ1n) is 6.94. The van der Waals surface area contributed by atoms with E-state index in [2.05, 4.69) is 4.98 Å². The van der Waals surface area contributed by atoms with Crippen LogP contribution >= 0.6 is 0 Å². The van der Waals surface area contributed by atoms with E-state index in [4.69, 9.17) is 0 Å². The molecule has 100 valence electrons. The van der Waals surface area contributed by atoms with Gasteiger partial charge in [0.05, 0.1) is 11.1 Å². The Bertz CT molecular complexity index is 576. The number of rotatable bonds is 2. The van der Waals surface area contributed by atoms with E-state index in [1.807, 2.05) is 30.3 Å². The third-order valence-electron chi connectivity index (χ3n) is 4.17. The van der Waals surface area contributed by atoms with Gasteiger partial charge in [-0.3, -0.25) is 4.98 Å².